The lowest BCUT2D eigenvalue weighted by Gasteiger charge is -2.23. The van der Waals surface area contributed by atoms with Crippen molar-refractivity contribution in [3.8, 4) is 5.75 Å². The van der Waals surface area contributed by atoms with Gasteiger partial charge in [-0.3, -0.25) is 13.9 Å². The van der Waals surface area contributed by atoms with Gasteiger partial charge in [-0.1, -0.05) is 41.9 Å². The molecule has 0 aromatic heterocycles. The molecule has 3 rings (SSSR count). The van der Waals surface area contributed by atoms with Gasteiger partial charge in [0.2, 0.25) is 0 Å². The molecule has 1 amide bonds. The number of carbonyl (C=O) groups is 2. The first-order chi connectivity index (χ1) is 15.7. The van der Waals surface area contributed by atoms with Crippen LogP contribution in [0.1, 0.15) is 24.2 Å². The predicted molar refractivity (Wildman–Crippen MR) is 129 cm³/mol. The molecule has 3 aromatic rings. The molecule has 33 heavy (non-hydrogen) atoms. The van der Waals surface area contributed by atoms with Crippen LogP contribution in [0.25, 0.3) is 0 Å². The largest absolute Gasteiger partial charge is 0.484 e. The van der Waals surface area contributed by atoms with Crippen molar-refractivity contribution in [1.29, 1.82) is 0 Å². The van der Waals surface area contributed by atoms with Gasteiger partial charge in [0.1, 0.15) is 10.6 Å². The number of Topliss-reactive ketones (excluding diaryl/α,β-unsaturated/α-hetero) is 1. The fourth-order valence-corrected chi connectivity index (χ4v) is 5.11. The van der Waals surface area contributed by atoms with Crippen LogP contribution in [0.2, 0.25) is 5.02 Å². The summed E-state index contributed by atoms with van der Waals surface area (Å²) in [5.41, 5.74) is 1.24. The Morgan fingerprint density at radius 3 is 2.39 bits per heavy atom. The van der Waals surface area contributed by atoms with E-state index in [1.165, 1.54) is 29.4 Å². The average Bonchev–Trinajstić information content (AvgIpc) is 2.80. The maximum absolute atomic E-state index is 13.3. The van der Waals surface area contributed by atoms with E-state index in [1.54, 1.807) is 61.5 Å². The van der Waals surface area contributed by atoms with Crippen LogP contribution in [0.5, 0.6) is 5.75 Å². The summed E-state index contributed by atoms with van der Waals surface area (Å²) in [6, 6.07) is 19.4. The van der Waals surface area contributed by atoms with Crippen LogP contribution in [0.4, 0.5) is 11.4 Å². The molecule has 0 heterocycles. The van der Waals surface area contributed by atoms with Gasteiger partial charge in [-0.2, -0.15) is 0 Å². The van der Waals surface area contributed by atoms with E-state index in [0.717, 1.165) is 0 Å². The van der Waals surface area contributed by atoms with E-state index in [-0.39, 0.29) is 34.5 Å². The van der Waals surface area contributed by atoms with Gasteiger partial charge >= 0.3 is 0 Å². The number of halogens is 1. The molecule has 0 spiro atoms. The molecule has 0 bridgehead atoms. The van der Waals surface area contributed by atoms with Crippen molar-refractivity contribution in [3.05, 3.63) is 83.4 Å². The second-order valence-electron chi connectivity index (χ2n) is 7.07. The minimum atomic E-state index is -3.97. The molecule has 0 radical (unpaired) electrons. The fraction of sp³-hybridized carbons (Fsp3) is 0.167. The number of para-hydroxylation sites is 1. The van der Waals surface area contributed by atoms with E-state index in [1.807, 2.05) is 0 Å². The average molecular weight is 487 g/mol. The zero-order chi connectivity index (χ0) is 24.0. The third-order valence-corrected chi connectivity index (χ3v) is 7.11. The number of hydrogen-bond donors (Lipinski definition) is 1. The molecule has 3 aromatic carbocycles. The minimum absolute atomic E-state index is 0.0414. The van der Waals surface area contributed by atoms with Crippen molar-refractivity contribution >= 4 is 44.7 Å². The highest BCUT2D eigenvalue weighted by atomic mass is 35.5. The molecule has 172 valence electrons. The van der Waals surface area contributed by atoms with Gasteiger partial charge in [-0.15, -0.1) is 0 Å². The lowest BCUT2D eigenvalue weighted by Crippen LogP contribution is -2.31. The topological polar surface area (TPSA) is 92.8 Å². The maximum atomic E-state index is 13.3. The SMILES string of the molecule is CCN(c1ccccc1)S(=O)(=O)c1cc(NC(=O)COc2cccc(C(C)=O)c2)ccc1Cl. The van der Waals surface area contributed by atoms with Crippen molar-refractivity contribution in [1.82, 2.24) is 0 Å². The lowest BCUT2D eigenvalue weighted by atomic mass is 10.1. The molecule has 0 aliphatic heterocycles. The Morgan fingerprint density at radius 2 is 1.73 bits per heavy atom. The monoisotopic (exact) mass is 486 g/mol. The van der Waals surface area contributed by atoms with Gasteiger partial charge in [0.15, 0.2) is 12.4 Å². The van der Waals surface area contributed by atoms with Crippen LogP contribution < -0.4 is 14.4 Å². The summed E-state index contributed by atoms with van der Waals surface area (Å²) in [5, 5.41) is 2.65. The van der Waals surface area contributed by atoms with E-state index in [0.29, 0.717) is 17.0 Å². The van der Waals surface area contributed by atoms with Crippen molar-refractivity contribution in [2.24, 2.45) is 0 Å². The van der Waals surface area contributed by atoms with Gasteiger partial charge in [-0.25, -0.2) is 8.42 Å². The molecule has 0 aliphatic carbocycles. The molecular weight excluding hydrogens is 464 g/mol. The number of benzene rings is 3. The molecular formula is C24H23ClN2O5S. The highest BCUT2D eigenvalue weighted by molar-refractivity contribution is 7.93. The third-order valence-electron chi connectivity index (χ3n) is 4.72. The summed E-state index contributed by atoms with van der Waals surface area (Å²) in [4.78, 5) is 23.7. The summed E-state index contributed by atoms with van der Waals surface area (Å²) >= 11 is 6.22. The minimum Gasteiger partial charge on any atom is -0.484 e. The van der Waals surface area contributed by atoms with E-state index in [2.05, 4.69) is 5.32 Å². The van der Waals surface area contributed by atoms with Crippen LogP contribution in [0.15, 0.2) is 77.7 Å². The van der Waals surface area contributed by atoms with Crippen molar-refractivity contribution in [3.63, 3.8) is 0 Å². The smallest absolute Gasteiger partial charge is 0.265 e. The van der Waals surface area contributed by atoms with Crippen LogP contribution in [-0.4, -0.2) is 33.3 Å². The summed E-state index contributed by atoms with van der Waals surface area (Å²) in [6.45, 7) is 3.04. The molecule has 0 saturated carbocycles. The number of nitrogens with one attached hydrogen (secondary N) is 1. The number of nitrogens with zero attached hydrogens (tertiary/aromatic N) is 1. The first-order valence-electron chi connectivity index (χ1n) is 10.1. The summed E-state index contributed by atoms with van der Waals surface area (Å²) in [5.74, 6) is -0.237. The highest BCUT2D eigenvalue weighted by Crippen LogP contribution is 2.30. The van der Waals surface area contributed by atoms with E-state index >= 15 is 0 Å². The van der Waals surface area contributed by atoms with Crippen LogP contribution in [0, 0.1) is 0 Å². The number of hydrogen-bond acceptors (Lipinski definition) is 5. The number of anilines is 2. The van der Waals surface area contributed by atoms with Crippen molar-refractivity contribution in [2.75, 3.05) is 22.8 Å². The molecule has 7 nitrogen and oxygen atoms in total. The standard InChI is InChI=1S/C24H23ClN2O5S/c1-3-27(20-9-5-4-6-10-20)33(30,31)23-15-19(12-13-22(23)25)26-24(29)16-32-21-11-7-8-18(14-21)17(2)28/h4-15H,3,16H2,1-2H3,(H,26,29). The Kier molecular flexibility index (Phi) is 7.73. The maximum Gasteiger partial charge on any atom is 0.265 e. The Hall–Kier alpha value is -3.36. The van der Waals surface area contributed by atoms with Gasteiger partial charge < -0.3 is 10.1 Å². The molecule has 0 saturated heterocycles. The highest BCUT2D eigenvalue weighted by Gasteiger charge is 2.26. The number of ketones is 1. The normalized spacial score (nSPS) is 11.0. The van der Waals surface area contributed by atoms with Crippen molar-refractivity contribution < 1.29 is 22.7 Å². The Bertz CT molecular complexity index is 1260. The summed E-state index contributed by atoms with van der Waals surface area (Å²) in [6.07, 6.45) is 0. The molecule has 0 fully saturated rings. The molecule has 9 heteroatoms. The number of carbonyl (C=O) groups excluding carboxylic acids is 2. The first-order valence-corrected chi connectivity index (χ1v) is 11.9. The third kappa shape index (κ3) is 5.91. The van der Waals surface area contributed by atoms with Crippen molar-refractivity contribution in [2.45, 2.75) is 18.7 Å². The van der Waals surface area contributed by atoms with Crippen LogP contribution >= 0.6 is 11.6 Å². The van der Waals surface area contributed by atoms with Gasteiger partial charge in [0, 0.05) is 17.8 Å². The zero-order valence-corrected chi connectivity index (χ0v) is 19.7. The number of sulfonamides is 1. The summed E-state index contributed by atoms with van der Waals surface area (Å²) in [7, 11) is -3.97. The van der Waals surface area contributed by atoms with Crippen LogP contribution in [-0.2, 0) is 14.8 Å². The van der Waals surface area contributed by atoms with Gasteiger partial charge in [0.25, 0.3) is 15.9 Å². The predicted octanol–water partition coefficient (Wildman–Crippen LogP) is 4.78. The van der Waals surface area contributed by atoms with E-state index in [9.17, 15) is 18.0 Å². The Balaban J connectivity index is 1.76. The summed E-state index contributed by atoms with van der Waals surface area (Å²) < 4.78 is 33.3. The fourth-order valence-electron chi connectivity index (χ4n) is 3.13. The quantitative estimate of drug-likeness (QED) is 0.439. The molecule has 1 N–H and O–H groups in total. The number of rotatable bonds is 9. The zero-order valence-electron chi connectivity index (χ0n) is 18.1. The molecule has 0 atom stereocenters. The number of amides is 1. The van der Waals surface area contributed by atoms with Gasteiger partial charge in [0.05, 0.1) is 10.7 Å². The second kappa shape index (κ2) is 10.5. The molecule has 0 aliphatic rings. The Labute approximate surface area is 198 Å². The van der Waals surface area contributed by atoms with E-state index in [4.69, 9.17) is 16.3 Å². The Morgan fingerprint density at radius 1 is 1.00 bits per heavy atom. The van der Waals surface area contributed by atoms with E-state index < -0.39 is 15.9 Å². The lowest BCUT2D eigenvalue weighted by molar-refractivity contribution is -0.118. The first kappa shape index (κ1) is 24.3. The molecule has 0 unspecified atom stereocenters. The van der Waals surface area contributed by atoms with Gasteiger partial charge in [-0.05, 0) is 56.3 Å². The number of ether oxygens (including phenoxy) is 1. The van der Waals surface area contributed by atoms with Crippen LogP contribution in [0.3, 0.4) is 0 Å². The second-order valence-corrected chi connectivity index (χ2v) is 9.31.